The van der Waals surface area contributed by atoms with Crippen molar-refractivity contribution < 1.29 is 4.74 Å². The highest BCUT2D eigenvalue weighted by molar-refractivity contribution is 7.11. The maximum absolute atomic E-state index is 6.10. The first kappa shape index (κ1) is 12.0. The lowest BCUT2D eigenvalue weighted by Crippen LogP contribution is -2.15. The number of nitrogens with two attached hydrogens (primary N) is 1. The van der Waals surface area contributed by atoms with E-state index in [1.807, 2.05) is 6.92 Å². The van der Waals surface area contributed by atoms with Crippen LogP contribution < -0.4 is 5.73 Å². The Kier molecular flexibility index (Phi) is 3.95. The second kappa shape index (κ2) is 5.25. The molecule has 0 aromatic carbocycles. The Labute approximate surface area is 101 Å². The zero-order valence-corrected chi connectivity index (χ0v) is 10.8. The Morgan fingerprint density at radius 3 is 3.00 bits per heavy atom. The smallest absolute Gasteiger partial charge is 0.122 e. The highest BCUT2D eigenvalue weighted by atomic mass is 32.1. The number of aryl methyl sites for hydroxylation is 1. The molecule has 1 aromatic rings. The molecule has 0 amide bonds. The second-order valence-electron chi connectivity index (χ2n) is 4.21. The van der Waals surface area contributed by atoms with Crippen molar-refractivity contribution in [1.82, 2.24) is 4.98 Å². The van der Waals surface area contributed by atoms with E-state index in [4.69, 9.17) is 15.5 Å². The fraction of sp³-hybridized carbons (Fsp3) is 0.750. The van der Waals surface area contributed by atoms with Crippen molar-refractivity contribution in [3.8, 4) is 0 Å². The van der Waals surface area contributed by atoms with Crippen molar-refractivity contribution in [2.45, 2.75) is 51.7 Å². The highest BCUT2D eigenvalue weighted by Crippen LogP contribution is 2.36. The van der Waals surface area contributed by atoms with Gasteiger partial charge in [-0.05, 0) is 32.6 Å². The fourth-order valence-electron chi connectivity index (χ4n) is 2.17. The van der Waals surface area contributed by atoms with Crippen molar-refractivity contribution in [1.29, 1.82) is 0 Å². The average molecular weight is 240 g/mol. The van der Waals surface area contributed by atoms with Gasteiger partial charge in [0, 0.05) is 17.5 Å². The summed E-state index contributed by atoms with van der Waals surface area (Å²) in [5, 5.41) is 1.12. The first-order chi connectivity index (χ1) is 7.76. The number of hydrogen-bond donors (Lipinski definition) is 1. The Morgan fingerprint density at radius 2 is 2.38 bits per heavy atom. The van der Waals surface area contributed by atoms with Crippen LogP contribution in [0.4, 0.5) is 0 Å². The molecule has 3 nitrogen and oxygen atoms in total. The molecule has 1 aliphatic rings. The molecule has 0 spiro atoms. The number of aromatic nitrogens is 1. The number of ether oxygens (including phenoxy) is 1. The zero-order valence-electron chi connectivity index (χ0n) is 10.0. The molecule has 1 aromatic heterocycles. The van der Waals surface area contributed by atoms with E-state index in [0.29, 0.717) is 0 Å². The van der Waals surface area contributed by atoms with Crippen LogP contribution in [0.15, 0.2) is 0 Å². The quantitative estimate of drug-likeness (QED) is 0.880. The molecule has 2 rings (SSSR count). The minimum Gasteiger partial charge on any atom is -0.371 e. The van der Waals surface area contributed by atoms with Gasteiger partial charge in [0.2, 0.25) is 0 Å². The summed E-state index contributed by atoms with van der Waals surface area (Å²) < 4.78 is 5.70. The number of thiazole rings is 1. The van der Waals surface area contributed by atoms with Gasteiger partial charge in [-0.3, -0.25) is 0 Å². The van der Waals surface area contributed by atoms with E-state index >= 15 is 0 Å². The van der Waals surface area contributed by atoms with Crippen molar-refractivity contribution in [2.75, 3.05) is 6.61 Å². The standard InChI is InChI=1S/C12H20N2OS/c1-3-10(15-4-2)12-14-9-7-5-6-8(13)11(9)16-12/h8,10H,3-7,13H2,1-2H3. The van der Waals surface area contributed by atoms with Gasteiger partial charge < -0.3 is 10.5 Å². The summed E-state index contributed by atoms with van der Waals surface area (Å²) in [5.41, 5.74) is 7.32. The van der Waals surface area contributed by atoms with Gasteiger partial charge in [0.05, 0.1) is 5.69 Å². The topological polar surface area (TPSA) is 48.1 Å². The molecule has 0 radical (unpaired) electrons. The largest absolute Gasteiger partial charge is 0.371 e. The third-order valence-corrected chi connectivity index (χ3v) is 4.35. The summed E-state index contributed by atoms with van der Waals surface area (Å²) in [6.07, 6.45) is 4.49. The molecular weight excluding hydrogens is 220 g/mol. The van der Waals surface area contributed by atoms with Gasteiger partial charge >= 0.3 is 0 Å². The molecule has 2 N–H and O–H groups in total. The van der Waals surface area contributed by atoms with Gasteiger partial charge in [0.15, 0.2) is 0 Å². The Morgan fingerprint density at radius 1 is 1.56 bits per heavy atom. The van der Waals surface area contributed by atoms with Gasteiger partial charge in [-0.2, -0.15) is 0 Å². The Hall–Kier alpha value is -0.450. The van der Waals surface area contributed by atoms with Crippen LogP contribution in [0.3, 0.4) is 0 Å². The summed E-state index contributed by atoms with van der Waals surface area (Å²) in [7, 11) is 0. The predicted octanol–water partition coefficient (Wildman–Crippen LogP) is 2.97. The summed E-state index contributed by atoms with van der Waals surface area (Å²) in [5.74, 6) is 0. The van der Waals surface area contributed by atoms with Gasteiger partial charge in [-0.15, -0.1) is 11.3 Å². The molecule has 4 heteroatoms. The monoisotopic (exact) mass is 240 g/mol. The lowest BCUT2D eigenvalue weighted by atomic mass is 9.99. The SMILES string of the molecule is CCOC(CC)c1nc2c(s1)C(N)CCC2. The summed E-state index contributed by atoms with van der Waals surface area (Å²) in [6, 6.07) is 0.203. The lowest BCUT2D eigenvalue weighted by molar-refractivity contribution is 0.0595. The summed E-state index contributed by atoms with van der Waals surface area (Å²) >= 11 is 1.75. The molecule has 1 aliphatic carbocycles. The first-order valence-corrected chi connectivity index (χ1v) is 6.94. The third kappa shape index (κ3) is 2.29. The first-order valence-electron chi connectivity index (χ1n) is 6.12. The van der Waals surface area contributed by atoms with Gasteiger partial charge in [0.25, 0.3) is 0 Å². The minimum atomic E-state index is 0.160. The molecule has 2 atom stereocenters. The van der Waals surface area contributed by atoms with Gasteiger partial charge in [-0.25, -0.2) is 4.98 Å². The maximum Gasteiger partial charge on any atom is 0.122 e. The Bertz CT molecular complexity index is 351. The van der Waals surface area contributed by atoms with Crippen molar-refractivity contribution in [3.05, 3.63) is 15.6 Å². The lowest BCUT2D eigenvalue weighted by Gasteiger charge is -2.15. The van der Waals surface area contributed by atoms with E-state index in [1.54, 1.807) is 11.3 Å². The Balaban J connectivity index is 2.22. The second-order valence-corrected chi connectivity index (χ2v) is 5.28. The number of rotatable bonds is 4. The van der Waals surface area contributed by atoms with Crippen LogP contribution in [0.1, 0.15) is 60.8 Å². The molecule has 0 bridgehead atoms. The molecule has 0 fully saturated rings. The maximum atomic E-state index is 6.10. The van der Waals surface area contributed by atoms with E-state index < -0.39 is 0 Å². The molecular formula is C12H20N2OS. The molecule has 1 heterocycles. The van der Waals surface area contributed by atoms with Gasteiger partial charge in [0.1, 0.15) is 11.1 Å². The van der Waals surface area contributed by atoms with Crippen LogP contribution in [0.2, 0.25) is 0 Å². The highest BCUT2D eigenvalue weighted by Gasteiger charge is 2.24. The van der Waals surface area contributed by atoms with Crippen LogP contribution in [-0.4, -0.2) is 11.6 Å². The van der Waals surface area contributed by atoms with Crippen molar-refractivity contribution >= 4 is 11.3 Å². The molecule has 0 aliphatic heterocycles. The molecule has 0 saturated carbocycles. The number of fused-ring (bicyclic) bond motifs is 1. The van der Waals surface area contributed by atoms with Crippen LogP contribution in [0, 0.1) is 0 Å². The van der Waals surface area contributed by atoms with Crippen LogP contribution in [0.5, 0.6) is 0 Å². The molecule has 90 valence electrons. The number of nitrogens with zero attached hydrogens (tertiary/aromatic N) is 1. The van der Waals surface area contributed by atoms with Crippen LogP contribution in [-0.2, 0) is 11.2 Å². The van der Waals surface area contributed by atoms with Gasteiger partial charge in [-0.1, -0.05) is 6.92 Å². The third-order valence-electron chi connectivity index (χ3n) is 3.02. The van der Waals surface area contributed by atoms with E-state index in [9.17, 15) is 0 Å². The van der Waals surface area contributed by atoms with Crippen molar-refractivity contribution in [3.63, 3.8) is 0 Å². The van der Waals surface area contributed by atoms with E-state index in [-0.39, 0.29) is 12.1 Å². The average Bonchev–Trinajstić information content (AvgIpc) is 2.71. The van der Waals surface area contributed by atoms with E-state index in [2.05, 4.69) is 6.92 Å². The minimum absolute atomic E-state index is 0.160. The molecule has 0 saturated heterocycles. The normalized spacial score (nSPS) is 21.8. The van der Waals surface area contributed by atoms with E-state index in [0.717, 1.165) is 30.9 Å². The predicted molar refractivity (Wildman–Crippen MR) is 66.6 cm³/mol. The molecule has 2 unspecified atom stereocenters. The summed E-state index contributed by atoms with van der Waals surface area (Å²) in [4.78, 5) is 6.00. The fourth-order valence-corrected chi connectivity index (χ4v) is 3.46. The zero-order chi connectivity index (χ0) is 11.5. The van der Waals surface area contributed by atoms with Crippen LogP contribution >= 0.6 is 11.3 Å². The molecule has 16 heavy (non-hydrogen) atoms. The van der Waals surface area contributed by atoms with Crippen LogP contribution in [0.25, 0.3) is 0 Å². The summed E-state index contributed by atoms with van der Waals surface area (Å²) in [6.45, 7) is 4.91. The van der Waals surface area contributed by atoms with Crippen molar-refractivity contribution in [2.24, 2.45) is 5.73 Å². The number of hydrogen-bond acceptors (Lipinski definition) is 4. The van der Waals surface area contributed by atoms with E-state index in [1.165, 1.54) is 17.0 Å².